The lowest BCUT2D eigenvalue weighted by Crippen LogP contribution is -2.12. The summed E-state index contributed by atoms with van der Waals surface area (Å²) in [6.45, 7) is 0. The Hall–Kier alpha value is -3.59. The molecule has 0 aliphatic carbocycles. The third-order valence-corrected chi connectivity index (χ3v) is 3.86. The van der Waals surface area contributed by atoms with Crippen molar-refractivity contribution in [2.24, 2.45) is 0 Å². The minimum absolute atomic E-state index is 0.0408. The van der Waals surface area contributed by atoms with Gasteiger partial charge in [-0.1, -0.05) is 36.4 Å². The van der Waals surface area contributed by atoms with E-state index in [1.54, 1.807) is 6.07 Å². The van der Waals surface area contributed by atoms with Gasteiger partial charge >= 0.3 is 5.97 Å². The highest BCUT2D eigenvalue weighted by Crippen LogP contribution is 2.28. The fourth-order valence-electron chi connectivity index (χ4n) is 2.62. The second kappa shape index (κ2) is 6.49. The minimum Gasteiger partial charge on any atom is -0.464 e. The summed E-state index contributed by atoms with van der Waals surface area (Å²) < 4.78 is 20.7. The first-order valence-electron chi connectivity index (χ1n) is 7.41. The fraction of sp³-hybridized carbons (Fsp3) is 0.0526. The van der Waals surface area contributed by atoms with Gasteiger partial charge in [-0.3, -0.25) is 0 Å². The number of nitrogens with zero attached hydrogens (tertiary/aromatic N) is 2. The highest BCUT2D eigenvalue weighted by Gasteiger charge is 2.23. The van der Waals surface area contributed by atoms with Gasteiger partial charge < -0.3 is 15.0 Å². The number of carbonyl (C=O) groups is 1. The number of benzene rings is 2. The smallest absolute Gasteiger partial charge is 0.357 e. The molecule has 0 amide bonds. The number of nitrogen functional groups attached to an aromatic ring is 1. The quantitative estimate of drug-likeness (QED) is 0.743. The van der Waals surface area contributed by atoms with E-state index in [1.807, 2.05) is 36.4 Å². The van der Waals surface area contributed by atoms with E-state index in [4.69, 9.17) is 15.7 Å². The molecule has 0 aliphatic heterocycles. The largest absolute Gasteiger partial charge is 0.464 e. The Labute approximate surface area is 143 Å². The third kappa shape index (κ3) is 2.83. The van der Waals surface area contributed by atoms with Crippen LogP contribution >= 0.6 is 0 Å². The van der Waals surface area contributed by atoms with Crippen LogP contribution in [0.3, 0.4) is 0 Å². The van der Waals surface area contributed by atoms with Crippen LogP contribution in [0.2, 0.25) is 0 Å². The molecule has 3 aromatic rings. The van der Waals surface area contributed by atoms with E-state index >= 15 is 0 Å². The number of methoxy groups -OCH3 is 1. The number of hydrogen-bond donors (Lipinski definition) is 1. The first-order valence-corrected chi connectivity index (χ1v) is 7.41. The topological polar surface area (TPSA) is 81.0 Å². The maximum absolute atomic E-state index is 14.7. The molecule has 1 heterocycles. The molecule has 0 fully saturated rings. The first-order chi connectivity index (χ1) is 12.1. The second-order valence-corrected chi connectivity index (χ2v) is 5.31. The molecule has 0 radical (unpaired) electrons. The van der Waals surface area contributed by atoms with E-state index in [9.17, 15) is 9.18 Å². The number of aromatic nitrogens is 1. The lowest BCUT2D eigenvalue weighted by atomic mass is 10.1. The lowest BCUT2D eigenvalue weighted by Gasteiger charge is -2.11. The monoisotopic (exact) mass is 335 g/mol. The van der Waals surface area contributed by atoms with Crippen LogP contribution in [-0.2, 0) is 4.74 Å². The summed E-state index contributed by atoms with van der Waals surface area (Å²) in [6.07, 6.45) is 1.32. The zero-order valence-electron chi connectivity index (χ0n) is 13.4. The number of anilines is 1. The minimum atomic E-state index is -0.745. The van der Waals surface area contributed by atoms with Gasteiger partial charge in [-0.2, -0.15) is 5.26 Å². The zero-order valence-corrected chi connectivity index (χ0v) is 13.4. The van der Waals surface area contributed by atoms with Crippen molar-refractivity contribution in [2.45, 2.75) is 0 Å². The van der Waals surface area contributed by atoms with Gasteiger partial charge in [0, 0.05) is 6.20 Å². The van der Waals surface area contributed by atoms with Crippen molar-refractivity contribution in [3.63, 3.8) is 0 Å². The van der Waals surface area contributed by atoms with Crippen LogP contribution in [-0.4, -0.2) is 17.6 Å². The van der Waals surface area contributed by atoms with Crippen LogP contribution in [0, 0.1) is 17.1 Å². The van der Waals surface area contributed by atoms with E-state index in [1.165, 1.54) is 30.0 Å². The van der Waals surface area contributed by atoms with Crippen molar-refractivity contribution in [3.8, 4) is 22.9 Å². The standard InChI is InChI=1S/C19H14FN3O2/c1-25-19(24)18-17(22)14(10-21)11-23(18)16-8-7-13(9-15(16)20)12-5-3-2-4-6-12/h2-9,11H,22H2,1H3. The van der Waals surface area contributed by atoms with E-state index < -0.39 is 11.8 Å². The molecule has 2 N–H and O–H groups in total. The molecule has 0 aliphatic rings. The third-order valence-electron chi connectivity index (χ3n) is 3.86. The number of esters is 1. The molecule has 3 rings (SSSR count). The molecule has 25 heavy (non-hydrogen) atoms. The summed E-state index contributed by atoms with van der Waals surface area (Å²) in [5, 5.41) is 9.13. The first kappa shape index (κ1) is 16.3. The maximum atomic E-state index is 14.7. The predicted molar refractivity (Wildman–Crippen MR) is 91.6 cm³/mol. The normalized spacial score (nSPS) is 10.3. The van der Waals surface area contributed by atoms with Gasteiger partial charge in [-0.15, -0.1) is 0 Å². The fourth-order valence-corrected chi connectivity index (χ4v) is 2.62. The van der Waals surface area contributed by atoms with Gasteiger partial charge in [-0.25, -0.2) is 9.18 Å². The second-order valence-electron chi connectivity index (χ2n) is 5.31. The summed E-state index contributed by atoms with van der Waals surface area (Å²) in [4.78, 5) is 12.0. The van der Waals surface area contributed by atoms with Crippen LogP contribution < -0.4 is 5.73 Å². The van der Waals surface area contributed by atoms with Crippen molar-refractivity contribution >= 4 is 11.7 Å². The van der Waals surface area contributed by atoms with E-state index in [-0.39, 0.29) is 22.6 Å². The molecule has 2 aromatic carbocycles. The summed E-state index contributed by atoms with van der Waals surface area (Å²) >= 11 is 0. The average Bonchev–Trinajstić information content (AvgIpc) is 2.98. The predicted octanol–water partition coefficient (Wildman–Crippen LogP) is 3.52. The van der Waals surface area contributed by atoms with Crippen molar-refractivity contribution in [1.82, 2.24) is 4.57 Å². The van der Waals surface area contributed by atoms with Crippen molar-refractivity contribution < 1.29 is 13.9 Å². The van der Waals surface area contributed by atoms with Crippen molar-refractivity contribution in [2.75, 3.05) is 12.8 Å². The van der Waals surface area contributed by atoms with E-state index in [0.717, 1.165) is 5.56 Å². The van der Waals surface area contributed by atoms with E-state index in [0.29, 0.717) is 5.56 Å². The van der Waals surface area contributed by atoms with Gasteiger partial charge in [-0.05, 0) is 23.3 Å². The number of ether oxygens (including phenoxy) is 1. The van der Waals surface area contributed by atoms with Crippen molar-refractivity contribution in [1.29, 1.82) is 5.26 Å². The molecule has 1 aromatic heterocycles. The Morgan fingerprint density at radius 2 is 1.92 bits per heavy atom. The van der Waals surface area contributed by atoms with E-state index in [2.05, 4.69) is 0 Å². The Kier molecular flexibility index (Phi) is 4.23. The molecule has 6 heteroatoms. The van der Waals surface area contributed by atoms with Gasteiger partial charge in [0.1, 0.15) is 11.9 Å². The number of hydrogen-bond acceptors (Lipinski definition) is 4. The molecule has 0 atom stereocenters. The maximum Gasteiger partial charge on any atom is 0.357 e. The highest BCUT2D eigenvalue weighted by molar-refractivity contribution is 5.96. The number of carbonyl (C=O) groups excluding carboxylic acids is 1. The van der Waals surface area contributed by atoms with Crippen LogP contribution in [0.5, 0.6) is 0 Å². The summed E-state index contributed by atoms with van der Waals surface area (Å²) in [5.41, 5.74) is 7.46. The molecule has 0 bridgehead atoms. The molecule has 124 valence electrons. The highest BCUT2D eigenvalue weighted by atomic mass is 19.1. The molecule has 0 saturated carbocycles. The van der Waals surface area contributed by atoms with Gasteiger partial charge in [0.2, 0.25) is 0 Å². The average molecular weight is 335 g/mol. The Bertz CT molecular complexity index is 988. The van der Waals surface area contributed by atoms with Gasteiger partial charge in [0.05, 0.1) is 24.0 Å². The zero-order chi connectivity index (χ0) is 18.0. The summed E-state index contributed by atoms with van der Waals surface area (Å²) in [7, 11) is 1.19. The number of halogens is 1. The number of nitriles is 1. The van der Waals surface area contributed by atoms with Crippen LogP contribution in [0.4, 0.5) is 10.1 Å². The molecule has 0 unspecified atom stereocenters. The Morgan fingerprint density at radius 3 is 2.52 bits per heavy atom. The van der Waals surface area contributed by atoms with Crippen LogP contribution in [0.15, 0.2) is 54.7 Å². The van der Waals surface area contributed by atoms with Crippen LogP contribution in [0.25, 0.3) is 16.8 Å². The molecular weight excluding hydrogens is 321 g/mol. The number of rotatable bonds is 3. The van der Waals surface area contributed by atoms with Crippen LogP contribution in [0.1, 0.15) is 16.1 Å². The Balaban J connectivity index is 2.15. The molecule has 0 saturated heterocycles. The lowest BCUT2D eigenvalue weighted by molar-refractivity contribution is 0.0593. The van der Waals surface area contributed by atoms with Gasteiger partial charge in [0.25, 0.3) is 0 Å². The SMILES string of the molecule is COC(=O)c1c(N)c(C#N)cn1-c1ccc(-c2ccccc2)cc1F. The summed E-state index contributed by atoms with van der Waals surface area (Å²) in [5.74, 6) is -1.29. The molecule has 5 nitrogen and oxygen atoms in total. The molecular formula is C19H14FN3O2. The number of nitrogens with two attached hydrogens (primary N) is 1. The van der Waals surface area contributed by atoms with Crippen molar-refractivity contribution in [3.05, 3.63) is 71.8 Å². The Morgan fingerprint density at radius 1 is 1.20 bits per heavy atom. The van der Waals surface area contributed by atoms with Gasteiger partial charge in [0.15, 0.2) is 5.69 Å². The molecule has 0 spiro atoms. The summed E-state index contributed by atoms with van der Waals surface area (Å²) in [6, 6.07) is 15.9.